The maximum atomic E-state index is 11.4. The Labute approximate surface area is 90.9 Å². The van der Waals surface area contributed by atoms with E-state index in [0.717, 1.165) is 12.7 Å². The summed E-state index contributed by atoms with van der Waals surface area (Å²) in [6.45, 7) is 5.09. The smallest absolute Gasteiger partial charge is 0.239 e. The molecule has 0 aromatic rings. The Morgan fingerprint density at radius 1 is 1.53 bits per heavy atom. The van der Waals surface area contributed by atoms with Crippen LogP contribution >= 0.6 is 0 Å². The van der Waals surface area contributed by atoms with Crippen molar-refractivity contribution < 1.29 is 13.2 Å². The SMILES string of the molecule is CC(C)CCNC(=O)C1CN1S(C)(=O)=O. The summed E-state index contributed by atoms with van der Waals surface area (Å²) in [5.41, 5.74) is 0. The van der Waals surface area contributed by atoms with Gasteiger partial charge in [0.2, 0.25) is 15.9 Å². The van der Waals surface area contributed by atoms with E-state index in [2.05, 4.69) is 19.2 Å². The lowest BCUT2D eigenvalue weighted by Crippen LogP contribution is -2.32. The molecule has 1 fully saturated rings. The van der Waals surface area contributed by atoms with Gasteiger partial charge in [0, 0.05) is 13.1 Å². The largest absolute Gasteiger partial charge is 0.355 e. The third-order valence-electron chi connectivity index (χ3n) is 2.32. The maximum absolute atomic E-state index is 11.4. The number of amides is 1. The average molecular weight is 234 g/mol. The number of carbonyl (C=O) groups is 1. The summed E-state index contributed by atoms with van der Waals surface area (Å²) >= 11 is 0. The molecule has 5 nitrogen and oxygen atoms in total. The van der Waals surface area contributed by atoms with E-state index in [9.17, 15) is 13.2 Å². The van der Waals surface area contributed by atoms with Gasteiger partial charge < -0.3 is 5.32 Å². The van der Waals surface area contributed by atoms with Crippen LogP contribution in [0.15, 0.2) is 0 Å². The number of nitrogens with one attached hydrogen (secondary N) is 1. The first-order valence-corrected chi connectivity index (χ1v) is 6.91. The number of sulfonamides is 1. The lowest BCUT2D eigenvalue weighted by molar-refractivity contribution is -0.121. The van der Waals surface area contributed by atoms with Gasteiger partial charge in [-0.3, -0.25) is 4.79 Å². The second kappa shape index (κ2) is 4.49. The predicted octanol–water partition coefficient (Wildman–Crippen LogP) is -0.207. The molecule has 0 bridgehead atoms. The second-order valence-electron chi connectivity index (χ2n) is 4.32. The van der Waals surface area contributed by atoms with Crippen LogP contribution < -0.4 is 5.32 Å². The van der Waals surface area contributed by atoms with Gasteiger partial charge >= 0.3 is 0 Å². The molecule has 2 atom stereocenters. The van der Waals surface area contributed by atoms with Crippen LogP contribution in [0.3, 0.4) is 0 Å². The van der Waals surface area contributed by atoms with E-state index < -0.39 is 16.1 Å². The van der Waals surface area contributed by atoms with E-state index in [1.54, 1.807) is 0 Å². The molecule has 1 N–H and O–H groups in total. The number of carbonyl (C=O) groups excluding carboxylic acids is 1. The van der Waals surface area contributed by atoms with E-state index >= 15 is 0 Å². The van der Waals surface area contributed by atoms with Crippen molar-refractivity contribution in [2.24, 2.45) is 5.92 Å². The highest BCUT2D eigenvalue weighted by atomic mass is 32.2. The van der Waals surface area contributed by atoms with Crippen LogP contribution in [0.5, 0.6) is 0 Å². The highest BCUT2D eigenvalue weighted by Gasteiger charge is 2.46. The molecule has 1 saturated heterocycles. The molecule has 1 heterocycles. The van der Waals surface area contributed by atoms with E-state index in [1.165, 1.54) is 4.31 Å². The van der Waals surface area contributed by atoms with Crippen LogP contribution in [0.4, 0.5) is 0 Å². The second-order valence-corrected chi connectivity index (χ2v) is 6.26. The third-order valence-corrected chi connectivity index (χ3v) is 3.57. The normalized spacial score (nSPS) is 25.3. The Hall–Kier alpha value is -0.620. The van der Waals surface area contributed by atoms with Crippen molar-refractivity contribution in [2.75, 3.05) is 19.3 Å². The summed E-state index contributed by atoms with van der Waals surface area (Å²) in [6.07, 6.45) is 2.03. The Kier molecular flexibility index (Phi) is 3.72. The highest BCUT2D eigenvalue weighted by Crippen LogP contribution is 2.21. The highest BCUT2D eigenvalue weighted by molar-refractivity contribution is 7.88. The van der Waals surface area contributed by atoms with Crippen LogP contribution in [0.1, 0.15) is 20.3 Å². The van der Waals surface area contributed by atoms with Gasteiger partial charge in [0.15, 0.2) is 0 Å². The van der Waals surface area contributed by atoms with Crippen LogP contribution in [0.25, 0.3) is 0 Å². The zero-order valence-electron chi connectivity index (χ0n) is 9.36. The third kappa shape index (κ3) is 3.79. The van der Waals surface area contributed by atoms with Crippen molar-refractivity contribution in [1.29, 1.82) is 0 Å². The molecule has 6 heteroatoms. The Morgan fingerprint density at radius 2 is 2.13 bits per heavy atom. The van der Waals surface area contributed by atoms with Crippen LogP contribution in [-0.4, -0.2) is 44.0 Å². The molecule has 15 heavy (non-hydrogen) atoms. The fourth-order valence-corrected chi connectivity index (χ4v) is 2.28. The summed E-state index contributed by atoms with van der Waals surface area (Å²) in [4.78, 5) is 11.4. The average Bonchev–Trinajstić information content (AvgIpc) is 2.79. The first kappa shape index (κ1) is 12.4. The summed E-state index contributed by atoms with van der Waals surface area (Å²) in [5.74, 6) is 0.358. The van der Waals surface area contributed by atoms with Crippen molar-refractivity contribution in [3.05, 3.63) is 0 Å². The van der Waals surface area contributed by atoms with E-state index in [-0.39, 0.29) is 5.91 Å². The van der Waals surface area contributed by atoms with Crippen LogP contribution in [0.2, 0.25) is 0 Å². The van der Waals surface area contributed by atoms with Gasteiger partial charge in [-0.05, 0) is 12.3 Å². The molecular weight excluding hydrogens is 216 g/mol. The minimum atomic E-state index is -3.19. The summed E-state index contributed by atoms with van der Waals surface area (Å²) in [5, 5.41) is 2.73. The molecule has 2 unspecified atom stereocenters. The monoisotopic (exact) mass is 234 g/mol. The van der Waals surface area contributed by atoms with Crippen molar-refractivity contribution in [1.82, 2.24) is 9.62 Å². The van der Waals surface area contributed by atoms with Gasteiger partial charge in [0.05, 0.1) is 6.26 Å². The minimum Gasteiger partial charge on any atom is -0.355 e. The number of hydrogen-bond acceptors (Lipinski definition) is 3. The number of hydrogen-bond donors (Lipinski definition) is 1. The zero-order valence-corrected chi connectivity index (χ0v) is 10.2. The molecule has 0 aromatic carbocycles. The molecule has 0 radical (unpaired) electrons. The molecule has 1 aliphatic rings. The van der Waals surface area contributed by atoms with Crippen molar-refractivity contribution in [3.63, 3.8) is 0 Å². The van der Waals surface area contributed by atoms with Gasteiger partial charge in [0.25, 0.3) is 0 Å². The summed E-state index contributed by atoms with van der Waals surface area (Å²) in [6, 6.07) is -0.466. The molecule has 0 aliphatic carbocycles. The Balaban J connectivity index is 2.27. The first-order valence-electron chi connectivity index (χ1n) is 5.07. The van der Waals surface area contributed by atoms with E-state index in [1.807, 2.05) is 0 Å². The molecule has 1 rings (SSSR count). The Morgan fingerprint density at radius 3 is 2.53 bits per heavy atom. The lowest BCUT2D eigenvalue weighted by Gasteiger charge is -2.06. The van der Waals surface area contributed by atoms with Crippen molar-refractivity contribution >= 4 is 15.9 Å². The zero-order chi connectivity index (χ0) is 11.6. The predicted molar refractivity (Wildman–Crippen MR) is 57.8 cm³/mol. The topological polar surface area (TPSA) is 66.2 Å². The van der Waals surface area contributed by atoms with Crippen molar-refractivity contribution in [2.45, 2.75) is 26.3 Å². The quantitative estimate of drug-likeness (QED) is 0.670. The first-order chi connectivity index (χ1) is 6.82. The van der Waals surface area contributed by atoms with Crippen LogP contribution in [-0.2, 0) is 14.8 Å². The minimum absolute atomic E-state index is 0.180. The van der Waals surface area contributed by atoms with E-state index in [4.69, 9.17) is 0 Å². The lowest BCUT2D eigenvalue weighted by atomic mass is 10.1. The standard InChI is InChI=1S/C9H18N2O3S/c1-7(2)4-5-10-9(12)8-6-11(8)15(3,13)14/h7-8H,4-6H2,1-3H3,(H,10,12). The number of rotatable bonds is 5. The van der Waals surface area contributed by atoms with Gasteiger partial charge in [0.1, 0.15) is 6.04 Å². The fourth-order valence-electron chi connectivity index (χ4n) is 1.31. The molecule has 1 amide bonds. The molecule has 0 saturated carbocycles. The summed E-state index contributed by atoms with van der Waals surface area (Å²) < 4.78 is 23.3. The van der Waals surface area contributed by atoms with Gasteiger partial charge in [-0.15, -0.1) is 0 Å². The van der Waals surface area contributed by atoms with Gasteiger partial charge in [-0.25, -0.2) is 8.42 Å². The Bertz CT molecular complexity index is 337. The molecular formula is C9H18N2O3S. The molecule has 1 aliphatic heterocycles. The number of nitrogens with zero attached hydrogens (tertiary/aromatic N) is 1. The van der Waals surface area contributed by atoms with Crippen LogP contribution in [0, 0.1) is 5.92 Å². The van der Waals surface area contributed by atoms with E-state index in [0.29, 0.717) is 19.0 Å². The molecule has 0 aromatic heterocycles. The fraction of sp³-hybridized carbons (Fsp3) is 0.889. The van der Waals surface area contributed by atoms with Gasteiger partial charge in [-0.1, -0.05) is 13.8 Å². The summed E-state index contributed by atoms with van der Waals surface area (Å²) in [7, 11) is -3.19. The van der Waals surface area contributed by atoms with Crippen molar-refractivity contribution in [3.8, 4) is 0 Å². The maximum Gasteiger partial charge on any atom is 0.239 e. The van der Waals surface area contributed by atoms with Gasteiger partial charge in [-0.2, -0.15) is 4.31 Å². The molecule has 88 valence electrons. The molecule has 0 spiro atoms.